The Kier molecular flexibility index (Phi) is 4.24. The van der Waals surface area contributed by atoms with E-state index >= 15 is 0 Å². The standard InChI is InChI=1S/C21H20N6O2S/c28-16(15-12-23-27-5-1-4-22-20(15)27)10-14-11-17-19(24-18(14)13-2-3-13)25-21(30-17)26-6-8-29-9-7-26/h1,4-5,11-13H,2-3,6-10H2. The van der Waals surface area contributed by atoms with E-state index < -0.39 is 0 Å². The fourth-order valence-electron chi connectivity index (χ4n) is 3.94. The van der Waals surface area contributed by atoms with Gasteiger partial charge in [0.1, 0.15) is 0 Å². The lowest BCUT2D eigenvalue weighted by atomic mass is 10.0. The molecule has 0 amide bonds. The van der Waals surface area contributed by atoms with Crippen LogP contribution in [0.3, 0.4) is 0 Å². The van der Waals surface area contributed by atoms with Crippen LogP contribution in [0.4, 0.5) is 5.13 Å². The number of anilines is 1. The van der Waals surface area contributed by atoms with Gasteiger partial charge in [-0.15, -0.1) is 0 Å². The van der Waals surface area contributed by atoms with Crippen LogP contribution in [0.1, 0.15) is 40.4 Å². The highest BCUT2D eigenvalue weighted by atomic mass is 32.1. The molecule has 0 bridgehead atoms. The maximum absolute atomic E-state index is 13.1. The average molecular weight is 420 g/mol. The largest absolute Gasteiger partial charge is 0.378 e. The van der Waals surface area contributed by atoms with Crippen LogP contribution in [0.25, 0.3) is 16.0 Å². The fourth-order valence-corrected chi connectivity index (χ4v) is 4.96. The summed E-state index contributed by atoms with van der Waals surface area (Å²) in [5.74, 6) is 0.456. The lowest BCUT2D eigenvalue weighted by Gasteiger charge is -2.25. The van der Waals surface area contributed by atoms with Crippen molar-refractivity contribution in [3.05, 3.63) is 47.5 Å². The van der Waals surface area contributed by atoms with E-state index in [0.717, 1.165) is 65.9 Å². The summed E-state index contributed by atoms with van der Waals surface area (Å²) in [6.45, 7) is 3.15. The number of hydrogen-bond acceptors (Lipinski definition) is 8. The van der Waals surface area contributed by atoms with Gasteiger partial charge in [0.2, 0.25) is 0 Å². The van der Waals surface area contributed by atoms with E-state index in [1.54, 1.807) is 40.5 Å². The number of nitrogens with zero attached hydrogens (tertiary/aromatic N) is 6. The molecule has 1 aliphatic carbocycles. The molecule has 0 aromatic carbocycles. The second kappa shape index (κ2) is 7.10. The summed E-state index contributed by atoms with van der Waals surface area (Å²) >= 11 is 1.64. The van der Waals surface area contributed by atoms with Gasteiger partial charge in [-0.25, -0.2) is 14.5 Å². The molecule has 1 aliphatic heterocycles. The van der Waals surface area contributed by atoms with E-state index in [4.69, 9.17) is 14.7 Å². The lowest BCUT2D eigenvalue weighted by molar-refractivity contribution is 0.0994. The number of rotatable bonds is 5. The minimum Gasteiger partial charge on any atom is -0.378 e. The van der Waals surface area contributed by atoms with E-state index in [-0.39, 0.29) is 5.78 Å². The third kappa shape index (κ3) is 3.14. The number of hydrogen-bond donors (Lipinski definition) is 0. The highest BCUT2D eigenvalue weighted by Crippen LogP contribution is 2.42. The van der Waals surface area contributed by atoms with Gasteiger partial charge in [-0.05, 0) is 30.5 Å². The van der Waals surface area contributed by atoms with E-state index in [2.05, 4.69) is 21.0 Å². The molecule has 2 aliphatic rings. The Morgan fingerprint density at radius 1 is 1.23 bits per heavy atom. The molecule has 152 valence electrons. The second-order valence-electron chi connectivity index (χ2n) is 7.77. The molecular weight excluding hydrogens is 400 g/mol. The Bertz CT molecular complexity index is 1260. The maximum atomic E-state index is 13.1. The van der Waals surface area contributed by atoms with Gasteiger partial charge in [-0.3, -0.25) is 4.79 Å². The summed E-state index contributed by atoms with van der Waals surface area (Å²) < 4.78 is 8.12. The quantitative estimate of drug-likeness (QED) is 0.459. The smallest absolute Gasteiger partial charge is 0.188 e. The minimum absolute atomic E-state index is 0.0182. The predicted molar refractivity (Wildman–Crippen MR) is 113 cm³/mol. The molecule has 1 saturated carbocycles. The van der Waals surface area contributed by atoms with Gasteiger partial charge >= 0.3 is 0 Å². The van der Waals surface area contributed by atoms with Crippen LogP contribution in [0.5, 0.6) is 0 Å². The van der Waals surface area contributed by atoms with Gasteiger partial charge in [-0.1, -0.05) is 11.3 Å². The van der Waals surface area contributed by atoms with Crippen molar-refractivity contribution in [1.29, 1.82) is 0 Å². The number of fused-ring (bicyclic) bond motifs is 2. The third-order valence-electron chi connectivity index (χ3n) is 5.66. The molecule has 1 saturated heterocycles. The predicted octanol–water partition coefficient (Wildman–Crippen LogP) is 2.87. The molecule has 4 aromatic heterocycles. The summed E-state index contributed by atoms with van der Waals surface area (Å²) in [5.41, 5.74) is 3.96. The van der Waals surface area contributed by atoms with Gasteiger partial charge in [-0.2, -0.15) is 10.1 Å². The minimum atomic E-state index is 0.0182. The third-order valence-corrected chi connectivity index (χ3v) is 6.71. The Balaban J connectivity index is 1.36. The first kappa shape index (κ1) is 17.9. The molecule has 0 N–H and O–H groups in total. The van der Waals surface area contributed by atoms with Crippen LogP contribution in [0.15, 0.2) is 30.7 Å². The van der Waals surface area contributed by atoms with Crippen LogP contribution in [-0.4, -0.2) is 56.7 Å². The average Bonchev–Trinajstić information content (AvgIpc) is 3.39. The number of carbonyl (C=O) groups excluding carboxylic acids is 1. The number of thiazole rings is 1. The van der Waals surface area contributed by atoms with Crippen molar-refractivity contribution in [1.82, 2.24) is 24.6 Å². The van der Waals surface area contributed by atoms with Crippen molar-refractivity contribution in [3.8, 4) is 0 Å². The van der Waals surface area contributed by atoms with Crippen molar-refractivity contribution in [3.63, 3.8) is 0 Å². The van der Waals surface area contributed by atoms with Crippen LogP contribution >= 0.6 is 11.3 Å². The molecule has 0 unspecified atom stereocenters. The number of carbonyl (C=O) groups is 1. The molecule has 5 heterocycles. The zero-order chi connectivity index (χ0) is 20.1. The van der Waals surface area contributed by atoms with Gasteiger partial charge in [0.25, 0.3) is 0 Å². The van der Waals surface area contributed by atoms with Gasteiger partial charge in [0.15, 0.2) is 22.2 Å². The van der Waals surface area contributed by atoms with Crippen LogP contribution in [-0.2, 0) is 11.2 Å². The first-order chi connectivity index (χ1) is 14.8. The molecule has 0 atom stereocenters. The maximum Gasteiger partial charge on any atom is 0.188 e. The van der Waals surface area contributed by atoms with Gasteiger partial charge in [0.05, 0.1) is 29.7 Å². The molecule has 8 nitrogen and oxygen atoms in total. The SMILES string of the molecule is O=C(Cc1cc2sc(N3CCOCC3)nc2nc1C1CC1)c1cnn2cccnc12. The zero-order valence-electron chi connectivity index (χ0n) is 16.3. The van der Waals surface area contributed by atoms with Crippen LogP contribution in [0.2, 0.25) is 0 Å². The summed E-state index contributed by atoms with van der Waals surface area (Å²) in [6, 6.07) is 3.92. The highest BCUT2D eigenvalue weighted by molar-refractivity contribution is 7.22. The van der Waals surface area contributed by atoms with Crippen molar-refractivity contribution >= 4 is 38.2 Å². The van der Waals surface area contributed by atoms with E-state index in [0.29, 0.717) is 23.5 Å². The molecule has 2 fully saturated rings. The van der Waals surface area contributed by atoms with Crippen LogP contribution in [0, 0.1) is 0 Å². The first-order valence-corrected chi connectivity index (χ1v) is 11.0. The molecule has 0 spiro atoms. The van der Waals surface area contributed by atoms with Gasteiger partial charge < -0.3 is 9.64 Å². The molecule has 30 heavy (non-hydrogen) atoms. The Morgan fingerprint density at radius 2 is 2.10 bits per heavy atom. The molecule has 0 radical (unpaired) electrons. The van der Waals surface area contributed by atoms with Gasteiger partial charge in [0, 0.05) is 43.5 Å². The second-order valence-corrected chi connectivity index (χ2v) is 8.78. The number of Topliss-reactive ketones (excluding diaryl/α,β-unsaturated/α-hetero) is 1. The Hall–Kier alpha value is -2.91. The summed E-state index contributed by atoms with van der Waals surface area (Å²) in [5, 5.41) is 5.23. The topological polar surface area (TPSA) is 85.5 Å². The van der Waals surface area contributed by atoms with E-state index in [9.17, 15) is 4.79 Å². The number of aromatic nitrogens is 5. The van der Waals surface area contributed by atoms with Crippen molar-refractivity contribution in [2.45, 2.75) is 25.2 Å². The van der Waals surface area contributed by atoms with E-state index in [1.807, 2.05) is 0 Å². The molecular formula is C21H20N6O2S. The number of ketones is 1. The zero-order valence-corrected chi connectivity index (χ0v) is 17.1. The Labute approximate surface area is 176 Å². The number of ether oxygens (including phenoxy) is 1. The molecule has 4 aromatic rings. The number of morpholine rings is 1. The molecule has 9 heteroatoms. The normalized spacial score (nSPS) is 17.1. The summed E-state index contributed by atoms with van der Waals surface area (Å²) in [4.78, 5) is 29.4. The van der Waals surface area contributed by atoms with Crippen molar-refractivity contribution < 1.29 is 9.53 Å². The molecule has 6 rings (SSSR count). The first-order valence-electron chi connectivity index (χ1n) is 10.2. The lowest BCUT2D eigenvalue weighted by Crippen LogP contribution is -2.36. The fraction of sp³-hybridized carbons (Fsp3) is 0.381. The van der Waals surface area contributed by atoms with E-state index in [1.165, 1.54) is 0 Å². The highest BCUT2D eigenvalue weighted by Gasteiger charge is 2.30. The van der Waals surface area contributed by atoms with Crippen molar-refractivity contribution in [2.24, 2.45) is 0 Å². The summed E-state index contributed by atoms with van der Waals surface area (Å²) in [6.07, 6.45) is 7.64. The summed E-state index contributed by atoms with van der Waals surface area (Å²) in [7, 11) is 0. The monoisotopic (exact) mass is 420 g/mol. The Morgan fingerprint density at radius 3 is 2.93 bits per heavy atom. The van der Waals surface area contributed by atoms with Crippen LogP contribution < -0.4 is 4.90 Å². The van der Waals surface area contributed by atoms with Crippen molar-refractivity contribution in [2.75, 3.05) is 31.2 Å². The number of pyridine rings is 1.